The van der Waals surface area contributed by atoms with E-state index in [1.165, 1.54) is 25.6 Å². The molecule has 10 heteroatoms. The number of benzene rings is 2. The van der Waals surface area contributed by atoms with Gasteiger partial charge < -0.3 is 24.3 Å². The molecule has 0 aliphatic carbocycles. The average Bonchev–Trinajstić information content (AvgIpc) is 3.34. The molecular weight excluding hydrogens is 415 g/mol. The van der Waals surface area contributed by atoms with Crippen LogP contribution in [-0.2, 0) is 9.47 Å². The van der Waals surface area contributed by atoms with Gasteiger partial charge in [0.2, 0.25) is 0 Å². The fourth-order valence-electron chi connectivity index (χ4n) is 3.82. The molecule has 2 aliphatic rings. The summed E-state index contributed by atoms with van der Waals surface area (Å²) in [7, 11) is 1.47. The standard InChI is InChI=1S/C21H18F3N3O4/c1-28-15-5-10-14(6-16(15)31-17-8-30-19-12(23)7-29-20(17)19)25-9-26-21(10)27-13-4-2-3-11(22)18(13)24/h2-6,9,12,17,19-20H,7-8H2,1H3,(H,25,26,27)/t12-,17-,19+,20?/m1/s1. The van der Waals surface area contributed by atoms with E-state index in [0.29, 0.717) is 22.4 Å². The zero-order valence-electron chi connectivity index (χ0n) is 16.3. The molecule has 0 amide bonds. The van der Waals surface area contributed by atoms with Crippen LogP contribution in [0.3, 0.4) is 0 Å². The van der Waals surface area contributed by atoms with Crippen molar-refractivity contribution in [2.75, 3.05) is 25.6 Å². The maximum Gasteiger partial charge on any atom is 0.182 e. The largest absolute Gasteiger partial charge is 0.493 e. The number of alkyl halides is 1. The van der Waals surface area contributed by atoms with Crippen molar-refractivity contribution in [1.82, 2.24) is 9.97 Å². The van der Waals surface area contributed by atoms with Crippen LogP contribution in [0.15, 0.2) is 36.7 Å². The third kappa shape index (κ3) is 3.51. The quantitative estimate of drug-likeness (QED) is 0.660. The zero-order valence-corrected chi connectivity index (χ0v) is 16.3. The van der Waals surface area contributed by atoms with Gasteiger partial charge >= 0.3 is 0 Å². The highest BCUT2D eigenvalue weighted by atomic mass is 19.2. The molecule has 7 nitrogen and oxygen atoms in total. The van der Waals surface area contributed by atoms with Gasteiger partial charge in [0.1, 0.15) is 24.4 Å². The van der Waals surface area contributed by atoms with Gasteiger partial charge in [0.15, 0.2) is 35.4 Å². The minimum Gasteiger partial charge on any atom is -0.493 e. The third-order valence-electron chi connectivity index (χ3n) is 5.35. The summed E-state index contributed by atoms with van der Waals surface area (Å²) in [6, 6.07) is 7.09. The first kappa shape index (κ1) is 19.8. The van der Waals surface area contributed by atoms with Gasteiger partial charge in [-0.1, -0.05) is 6.07 Å². The lowest BCUT2D eigenvalue weighted by Crippen LogP contribution is -2.33. The van der Waals surface area contributed by atoms with Gasteiger partial charge in [0, 0.05) is 11.5 Å². The number of methoxy groups -OCH3 is 1. The van der Waals surface area contributed by atoms with Crippen LogP contribution in [0, 0.1) is 11.6 Å². The van der Waals surface area contributed by atoms with Gasteiger partial charge in [-0.15, -0.1) is 0 Å². The minimum absolute atomic E-state index is 0.0249. The summed E-state index contributed by atoms with van der Waals surface area (Å²) in [5, 5.41) is 3.30. The highest BCUT2D eigenvalue weighted by Crippen LogP contribution is 2.38. The molecule has 5 rings (SSSR count). The Morgan fingerprint density at radius 3 is 2.74 bits per heavy atom. The molecule has 2 aromatic carbocycles. The van der Waals surface area contributed by atoms with E-state index in [9.17, 15) is 13.2 Å². The molecule has 0 spiro atoms. The lowest BCUT2D eigenvalue weighted by molar-refractivity contribution is 0.0271. The highest BCUT2D eigenvalue weighted by molar-refractivity contribution is 5.93. The zero-order chi connectivity index (χ0) is 21.5. The molecule has 0 saturated carbocycles. The van der Waals surface area contributed by atoms with Crippen molar-refractivity contribution in [3.63, 3.8) is 0 Å². The summed E-state index contributed by atoms with van der Waals surface area (Å²) < 4.78 is 63.9. The Morgan fingerprint density at radius 1 is 1.06 bits per heavy atom. The van der Waals surface area contributed by atoms with Gasteiger partial charge in [-0.3, -0.25) is 0 Å². The van der Waals surface area contributed by atoms with E-state index >= 15 is 0 Å². The van der Waals surface area contributed by atoms with E-state index in [1.54, 1.807) is 12.1 Å². The summed E-state index contributed by atoms with van der Waals surface area (Å²) in [6.07, 6.45) is -1.54. The third-order valence-corrected chi connectivity index (χ3v) is 5.35. The molecular formula is C21H18F3N3O4. The van der Waals surface area contributed by atoms with Crippen molar-refractivity contribution < 1.29 is 32.1 Å². The fourth-order valence-corrected chi connectivity index (χ4v) is 3.82. The molecule has 1 aromatic heterocycles. The van der Waals surface area contributed by atoms with E-state index in [2.05, 4.69) is 15.3 Å². The Hall–Kier alpha value is -3.11. The second kappa shape index (κ2) is 7.86. The van der Waals surface area contributed by atoms with Crippen LogP contribution in [0.2, 0.25) is 0 Å². The monoisotopic (exact) mass is 433 g/mol. The van der Waals surface area contributed by atoms with Gasteiger partial charge in [-0.05, 0) is 18.2 Å². The molecule has 162 valence electrons. The van der Waals surface area contributed by atoms with Gasteiger partial charge in [-0.2, -0.15) is 0 Å². The molecule has 1 N–H and O–H groups in total. The lowest BCUT2D eigenvalue weighted by Gasteiger charge is -2.20. The smallest absolute Gasteiger partial charge is 0.182 e. The van der Waals surface area contributed by atoms with E-state index in [1.807, 2.05) is 0 Å². The van der Waals surface area contributed by atoms with Crippen LogP contribution >= 0.6 is 0 Å². The number of hydrogen-bond acceptors (Lipinski definition) is 7. The molecule has 2 saturated heterocycles. The van der Waals surface area contributed by atoms with Crippen molar-refractivity contribution in [2.45, 2.75) is 24.5 Å². The minimum atomic E-state index is -1.18. The van der Waals surface area contributed by atoms with E-state index in [0.717, 1.165) is 6.07 Å². The number of hydrogen-bond donors (Lipinski definition) is 1. The number of aromatic nitrogens is 2. The number of anilines is 2. The normalized spacial score (nSPS) is 24.9. The van der Waals surface area contributed by atoms with Crippen LogP contribution in [-0.4, -0.2) is 54.8 Å². The van der Waals surface area contributed by atoms with Crippen LogP contribution in [0.5, 0.6) is 11.5 Å². The van der Waals surface area contributed by atoms with Gasteiger partial charge in [-0.25, -0.2) is 23.1 Å². The molecule has 2 aliphatic heterocycles. The molecule has 3 heterocycles. The second-order valence-corrected chi connectivity index (χ2v) is 7.24. The summed E-state index contributed by atoms with van der Waals surface area (Å²) in [6.45, 7) is 0.162. The Bertz CT molecular complexity index is 1130. The summed E-state index contributed by atoms with van der Waals surface area (Å²) in [4.78, 5) is 8.38. The predicted octanol–water partition coefficient (Wildman–Crippen LogP) is 3.54. The average molecular weight is 433 g/mol. The van der Waals surface area contributed by atoms with E-state index in [-0.39, 0.29) is 24.7 Å². The van der Waals surface area contributed by atoms with Gasteiger partial charge in [0.25, 0.3) is 0 Å². The maximum absolute atomic E-state index is 14.1. The first-order chi connectivity index (χ1) is 15.0. The van der Waals surface area contributed by atoms with Crippen LogP contribution in [0.1, 0.15) is 0 Å². The van der Waals surface area contributed by atoms with Crippen LogP contribution < -0.4 is 14.8 Å². The van der Waals surface area contributed by atoms with Gasteiger partial charge in [0.05, 0.1) is 31.5 Å². The number of ether oxygens (including phenoxy) is 4. The number of nitrogens with one attached hydrogen (secondary N) is 1. The Labute approximate surface area is 175 Å². The molecule has 0 bridgehead atoms. The van der Waals surface area contributed by atoms with Crippen molar-refractivity contribution >= 4 is 22.4 Å². The molecule has 3 aromatic rings. The highest BCUT2D eigenvalue weighted by Gasteiger charge is 2.49. The van der Waals surface area contributed by atoms with E-state index in [4.69, 9.17) is 18.9 Å². The van der Waals surface area contributed by atoms with Crippen molar-refractivity contribution in [1.29, 1.82) is 0 Å². The van der Waals surface area contributed by atoms with Crippen molar-refractivity contribution in [3.05, 3.63) is 48.3 Å². The molecule has 1 unspecified atom stereocenters. The molecule has 31 heavy (non-hydrogen) atoms. The molecule has 0 radical (unpaired) electrons. The summed E-state index contributed by atoms with van der Waals surface area (Å²) in [5.41, 5.74) is 0.420. The number of halogens is 3. The Balaban J connectivity index is 1.47. The van der Waals surface area contributed by atoms with Crippen LogP contribution in [0.4, 0.5) is 24.7 Å². The van der Waals surface area contributed by atoms with Crippen molar-refractivity contribution in [2.24, 2.45) is 0 Å². The maximum atomic E-state index is 14.1. The fraction of sp³-hybridized carbons (Fsp3) is 0.333. The number of fused-ring (bicyclic) bond motifs is 2. The molecule has 4 atom stereocenters. The number of rotatable bonds is 5. The first-order valence-corrected chi connectivity index (χ1v) is 9.63. The predicted molar refractivity (Wildman–Crippen MR) is 105 cm³/mol. The van der Waals surface area contributed by atoms with E-state index < -0.39 is 36.1 Å². The Morgan fingerprint density at radius 2 is 1.90 bits per heavy atom. The first-order valence-electron chi connectivity index (χ1n) is 9.63. The molecule has 2 fully saturated rings. The van der Waals surface area contributed by atoms with Crippen molar-refractivity contribution in [3.8, 4) is 11.5 Å². The summed E-state index contributed by atoms with van der Waals surface area (Å²) >= 11 is 0. The SMILES string of the molecule is COc1cc2c(Nc3cccc(F)c3F)ncnc2cc1O[C@@H]1CO[C@@H]2C1OC[C@H]2F. The Kier molecular flexibility index (Phi) is 5.03. The second-order valence-electron chi connectivity index (χ2n) is 7.24. The lowest BCUT2D eigenvalue weighted by atomic mass is 10.1. The van der Waals surface area contributed by atoms with Crippen LogP contribution in [0.25, 0.3) is 10.9 Å². The summed E-state index contributed by atoms with van der Waals surface area (Å²) in [5.74, 6) is -0.985. The number of nitrogens with zero attached hydrogens (tertiary/aromatic N) is 2. The topological polar surface area (TPSA) is 74.7 Å².